The molecule has 1 aliphatic heterocycles. The molecule has 0 saturated carbocycles. The Morgan fingerprint density at radius 1 is 1.41 bits per heavy atom. The van der Waals surface area contributed by atoms with Gasteiger partial charge < -0.3 is 10.2 Å². The minimum Gasteiger partial charge on any atom is -0.342 e. The molecule has 1 aromatic rings. The summed E-state index contributed by atoms with van der Waals surface area (Å²) in [5.41, 5.74) is 1.18. The van der Waals surface area contributed by atoms with Gasteiger partial charge in [0.1, 0.15) is 0 Å². The van der Waals surface area contributed by atoms with Crippen LogP contribution in [0.15, 0.2) is 24.3 Å². The van der Waals surface area contributed by atoms with E-state index in [4.69, 9.17) is 11.6 Å². The maximum atomic E-state index is 12.2. The molecule has 0 aliphatic carbocycles. The van der Waals surface area contributed by atoms with Gasteiger partial charge >= 0.3 is 0 Å². The van der Waals surface area contributed by atoms with Crippen molar-refractivity contribution in [2.24, 2.45) is 5.92 Å². The van der Waals surface area contributed by atoms with E-state index in [2.05, 4.69) is 11.4 Å². The number of carbonyl (C=O) groups is 1. The Morgan fingerprint density at radius 2 is 2.18 bits per heavy atom. The van der Waals surface area contributed by atoms with Gasteiger partial charge in [0, 0.05) is 23.9 Å². The van der Waals surface area contributed by atoms with E-state index in [9.17, 15) is 4.79 Å². The summed E-state index contributed by atoms with van der Waals surface area (Å²) in [6, 6.07) is 7.85. The first-order chi connectivity index (χ1) is 10.7. The number of hydrogen-bond acceptors (Lipinski definition) is 3. The van der Waals surface area contributed by atoms with Crippen molar-refractivity contribution in [1.82, 2.24) is 10.2 Å². The van der Waals surface area contributed by atoms with Crippen LogP contribution < -0.4 is 5.32 Å². The number of rotatable bonds is 7. The number of benzene rings is 1. The molecule has 0 atom stereocenters. The molecule has 1 amide bonds. The number of halogens is 1. The third-order valence-electron chi connectivity index (χ3n) is 4.15. The first-order valence-electron chi connectivity index (χ1n) is 7.93. The highest BCUT2D eigenvalue weighted by Gasteiger charge is 2.22. The highest BCUT2D eigenvalue weighted by molar-refractivity contribution is 7.99. The fourth-order valence-corrected chi connectivity index (χ4v) is 3.88. The maximum absolute atomic E-state index is 12.2. The summed E-state index contributed by atoms with van der Waals surface area (Å²) in [7, 11) is 2.00. The van der Waals surface area contributed by atoms with Gasteiger partial charge in [0.15, 0.2) is 0 Å². The Morgan fingerprint density at radius 3 is 2.86 bits per heavy atom. The van der Waals surface area contributed by atoms with Crippen molar-refractivity contribution in [3.63, 3.8) is 0 Å². The van der Waals surface area contributed by atoms with Crippen molar-refractivity contribution < 1.29 is 4.79 Å². The quantitative estimate of drug-likeness (QED) is 0.825. The second kappa shape index (κ2) is 9.43. The third kappa shape index (κ3) is 5.82. The minimum atomic E-state index is 0.277. The molecule has 0 unspecified atom stereocenters. The lowest BCUT2D eigenvalue weighted by Gasteiger charge is -2.32. The Balaban J connectivity index is 1.66. The largest absolute Gasteiger partial charge is 0.342 e. The zero-order valence-electron chi connectivity index (χ0n) is 13.2. The molecule has 22 heavy (non-hydrogen) atoms. The average Bonchev–Trinajstić information content (AvgIpc) is 2.53. The summed E-state index contributed by atoms with van der Waals surface area (Å²) in [4.78, 5) is 14.3. The zero-order chi connectivity index (χ0) is 15.8. The van der Waals surface area contributed by atoms with Crippen LogP contribution in [0.3, 0.4) is 0 Å². The minimum absolute atomic E-state index is 0.277. The predicted octanol–water partition coefficient (Wildman–Crippen LogP) is 3.42. The fraction of sp³-hybridized carbons (Fsp3) is 0.588. The van der Waals surface area contributed by atoms with Crippen LogP contribution in [-0.4, -0.2) is 43.2 Å². The number of hydrogen-bond donors (Lipinski definition) is 1. The summed E-state index contributed by atoms with van der Waals surface area (Å²) < 4.78 is 0. The van der Waals surface area contributed by atoms with Gasteiger partial charge in [0.05, 0.1) is 5.75 Å². The smallest absolute Gasteiger partial charge is 0.232 e. The molecular weight excluding hydrogens is 316 g/mol. The lowest BCUT2D eigenvalue weighted by molar-refractivity contribution is -0.129. The van der Waals surface area contributed by atoms with Gasteiger partial charge in [-0.2, -0.15) is 0 Å². The van der Waals surface area contributed by atoms with Crippen LogP contribution in [0.2, 0.25) is 5.02 Å². The topological polar surface area (TPSA) is 32.3 Å². The molecule has 0 aromatic heterocycles. The van der Waals surface area contributed by atoms with Crippen molar-refractivity contribution in [2.75, 3.05) is 32.4 Å². The van der Waals surface area contributed by atoms with E-state index in [1.165, 1.54) is 12.0 Å². The van der Waals surface area contributed by atoms with Crippen molar-refractivity contribution in [3.8, 4) is 0 Å². The number of nitrogens with one attached hydrogen (secondary N) is 1. The van der Waals surface area contributed by atoms with Crippen LogP contribution in [0.1, 0.15) is 24.8 Å². The zero-order valence-corrected chi connectivity index (χ0v) is 14.8. The Labute approximate surface area is 142 Å². The number of nitrogens with zero attached hydrogens (tertiary/aromatic N) is 1. The first-order valence-corrected chi connectivity index (χ1v) is 9.47. The number of likely N-dealkylation sites (tertiary alicyclic amines) is 1. The fourth-order valence-electron chi connectivity index (χ4n) is 2.79. The highest BCUT2D eigenvalue weighted by Crippen LogP contribution is 2.21. The maximum Gasteiger partial charge on any atom is 0.232 e. The third-order valence-corrected chi connectivity index (χ3v) is 5.38. The molecule has 1 saturated heterocycles. The second-order valence-corrected chi connectivity index (χ2v) is 7.26. The van der Waals surface area contributed by atoms with Gasteiger partial charge in [-0.15, -0.1) is 11.8 Å². The van der Waals surface area contributed by atoms with Gasteiger partial charge in [-0.05, 0) is 56.5 Å². The summed E-state index contributed by atoms with van der Waals surface area (Å²) in [6.07, 6.45) is 3.51. The Kier molecular flexibility index (Phi) is 7.56. The van der Waals surface area contributed by atoms with Crippen LogP contribution >= 0.6 is 23.4 Å². The van der Waals surface area contributed by atoms with E-state index >= 15 is 0 Å². The lowest BCUT2D eigenvalue weighted by atomic mass is 9.93. The summed E-state index contributed by atoms with van der Waals surface area (Å²) in [5, 5.41) is 3.96. The van der Waals surface area contributed by atoms with E-state index in [1.54, 1.807) is 11.8 Å². The van der Waals surface area contributed by atoms with Crippen molar-refractivity contribution in [3.05, 3.63) is 34.9 Å². The van der Waals surface area contributed by atoms with Crippen LogP contribution in [0, 0.1) is 5.92 Å². The van der Waals surface area contributed by atoms with Gasteiger partial charge in [-0.1, -0.05) is 23.7 Å². The van der Waals surface area contributed by atoms with Gasteiger partial charge in [0.25, 0.3) is 0 Å². The molecule has 0 bridgehead atoms. The molecule has 1 aromatic carbocycles. The van der Waals surface area contributed by atoms with Crippen LogP contribution in [0.25, 0.3) is 0 Å². The summed E-state index contributed by atoms with van der Waals surface area (Å²) in [6.45, 7) is 2.92. The highest BCUT2D eigenvalue weighted by atomic mass is 35.5. The van der Waals surface area contributed by atoms with Gasteiger partial charge in [-0.3, -0.25) is 4.79 Å². The average molecular weight is 341 g/mol. The summed E-state index contributed by atoms with van der Waals surface area (Å²) >= 11 is 7.64. The molecule has 1 heterocycles. The molecule has 0 spiro atoms. The SMILES string of the molecule is CNCCC1CCN(C(=O)CSCc2cccc(Cl)c2)CC1. The number of piperidine rings is 1. The van der Waals surface area contributed by atoms with Gasteiger partial charge in [-0.25, -0.2) is 0 Å². The standard InChI is InChI=1S/C17H25ClN2OS/c1-19-8-5-14-6-9-20(10-7-14)17(21)13-22-12-15-3-2-4-16(18)11-15/h2-4,11,14,19H,5-10,12-13H2,1H3. The number of carbonyl (C=O) groups excluding carboxylic acids is 1. The van der Waals surface area contributed by atoms with Crippen LogP contribution in [0.4, 0.5) is 0 Å². The Bertz CT molecular complexity index is 475. The van der Waals surface area contributed by atoms with E-state index in [-0.39, 0.29) is 5.91 Å². The van der Waals surface area contributed by atoms with E-state index in [0.29, 0.717) is 5.75 Å². The molecule has 122 valence electrons. The molecule has 0 radical (unpaired) electrons. The molecule has 2 rings (SSSR count). The Hall–Kier alpha value is -0.710. The first kappa shape index (κ1) is 17.6. The van der Waals surface area contributed by atoms with Crippen molar-refractivity contribution in [2.45, 2.75) is 25.0 Å². The molecule has 5 heteroatoms. The number of thioether (sulfide) groups is 1. The molecule has 1 N–H and O–H groups in total. The van der Waals surface area contributed by atoms with Crippen LogP contribution in [0.5, 0.6) is 0 Å². The second-order valence-electron chi connectivity index (χ2n) is 5.84. The monoisotopic (exact) mass is 340 g/mol. The van der Waals surface area contributed by atoms with Crippen LogP contribution in [-0.2, 0) is 10.5 Å². The normalized spacial score (nSPS) is 16.0. The summed E-state index contributed by atoms with van der Waals surface area (Å²) in [5.74, 6) is 2.45. The molecule has 1 fully saturated rings. The molecule has 3 nitrogen and oxygen atoms in total. The van der Waals surface area contributed by atoms with E-state index < -0.39 is 0 Å². The lowest BCUT2D eigenvalue weighted by Crippen LogP contribution is -2.39. The van der Waals surface area contributed by atoms with E-state index in [0.717, 1.165) is 49.2 Å². The van der Waals surface area contributed by atoms with E-state index in [1.807, 2.05) is 30.1 Å². The van der Waals surface area contributed by atoms with Gasteiger partial charge in [0.2, 0.25) is 5.91 Å². The number of amides is 1. The van der Waals surface area contributed by atoms with Crippen molar-refractivity contribution in [1.29, 1.82) is 0 Å². The predicted molar refractivity (Wildman–Crippen MR) is 95.5 cm³/mol. The molecule has 1 aliphatic rings. The van der Waals surface area contributed by atoms with Crippen molar-refractivity contribution >= 4 is 29.3 Å². The molecular formula is C17H25ClN2OS.